The molecule has 2 bridgehead atoms. The van der Waals surface area contributed by atoms with Crippen molar-refractivity contribution < 1.29 is 28.6 Å². The molecule has 392 valence electrons. The highest BCUT2D eigenvalue weighted by Gasteiger charge is 2.51. The van der Waals surface area contributed by atoms with E-state index in [4.69, 9.17) is 14.2 Å². The van der Waals surface area contributed by atoms with E-state index in [2.05, 4.69) is 46.4 Å². The number of amides is 3. The highest BCUT2D eigenvalue weighted by molar-refractivity contribution is 5.94. The Morgan fingerprint density at radius 1 is 0.838 bits per heavy atom. The fourth-order valence-corrected chi connectivity index (χ4v) is 11.7. The van der Waals surface area contributed by atoms with Gasteiger partial charge in [-0.3, -0.25) is 34.0 Å². The molecule has 3 aromatic heterocycles. The number of H-pyrrole nitrogens is 1. The van der Waals surface area contributed by atoms with Crippen LogP contribution >= 0.6 is 0 Å². The second-order valence-corrected chi connectivity index (χ2v) is 21.0. The molecule has 6 fully saturated rings. The van der Waals surface area contributed by atoms with Gasteiger partial charge in [0.25, 0.3) is 17.4 Å². The lowest BCUT2D eigenvalue weighted by Crippen LogP contribution is -2.66. The molecule has 1 atom stereocenters. The number of nitrogens with zero attached hydrogens (tertiary/aromatic N) is 7. The number of piperidine rings is 1. The average Bonchev–Trinajstić information content (AvgIpc) is 3.44. The lowest BCUT2D eigenvalue weighted by atomic mass is 9.70. The van der Waals surface area contributed by atoms with E-state index in [1.54, 1.807) is 7.11 Å². The van der Waals surface area contributed by atoms with Gasteiger partial charge in [0.05, 0.1) is 60.9 Å². The van der Waals surface area contributed by atoms with Crippen LogP contribution in [0, 0.1) is 0 Å². The van der Waals surface area contributed by atoms with Crippen molar-refractivity contribution in [2.45, 2.75) is 88.9 Å². The largest absolute Gasteiger partial charge is 0.497 e. The number of aromatic amines is 1. The number of nitrogens with one attached hydrogen (secondary N) is 3. The van der Waals surface area contributed by atoms with Gasteiger partial charge in [-0.2, -0.15) is 0 Å². The molecule has 2 aromatic carbocycles. The summed E-state index contributed by atoms with van der Waals surface area (Å²) in [6.45, 7) is 14.9. The van der Waals surface area contributed by atoms with Gasteiger partial charge in [0, 0.05) is 120 Å². The topological polar surface area (TPSA) is 178 Å². The number of ether oxygens (including phenoxy) is 3. The van der Waals surface area contributed by atoms with Gasteiger partial charge in [0.15, 0.2) is 0 Å². The molecule has 3 amide bonds. The number of aromatic nitrogens is 3. The van der Waals surface area contributed by atoms with E-state index in [9.17, 15) is 19.2 Å². The van der Waals surface area contributed by atoms with Crippen LogP contribution in [0.15, 0.2) is 83.9 Å². The molecule has 5 aromatic rings. The van der Waals surface area contributed by atoms with Crippen LogP contribution in [0.4, 0.5) is 5.69 Å². The summed E-state index contributed by atoms with van der Waals surface area (Å²) in [5.74, 6) is 1.61. The second-order valence-electron chi connectivity index (χ2n) is 21.0. The van der Waals surface area contributed by atoms with E-state index in [1.807, 2.05) is 96.7 Å². The Bertz CT molecular complexity index is 2830. The van der Waals surface area contributed by atoms with Crippen molar-refractivity contribution in [2.75, 3.05) is 104 Å². The minimum atomic E-state index is -0.404. The number of anilines is 1. The normalized spacial score (nSPS) is 22.5. The number of pyridine rings is 3. The molecule has 6 aliphatic rings. The Labute approximate surface area is 433 Å². The number of hydrogen-bond acceptors (Lipinski definition) is 13. The van der Waals surface area contributed by atoms with Crippen molar-refractivity contribution >= 4 is 34.4 Å². The van der Waals surface area contributed by atoms with Gasteiger partial charge >= 0.3 is 0 Å². The molecule has 74 heavy (non-hydrogen) atoms. The van der Waals surface area contributed by atoms with Gasteiger partial charge in [-0.1, -0.05) is 25.1 Å². The van der Waals surface area contributed by atoms with Gasteiger partial charge < -0.3 is 44.5 Å². The average molecular weight is 1010 g/mol. The summed E-state index contributed by atoms with van der Waals surface area (Å²) >= 11 is 0. The van der Waals surface area contributed by atoms with E-state index in [-0.39, 0.29) is 41.3 Å². The van der Waals surface area contributed by atoms with Crippen molar-refractivity contribution in [3.05, 3.63) is 123 Å². The summed E-state index contributed by atoms with van der Waals surface area (Å²) in [5, 5.41) is 6.65. The highest BCUT2D eigenvalue weighted by atomic mass is 16.5. The number of fused-ring (bicyclic) bond motifs is 4. The molecule has 17 heteroatoms. The number of benzene rings is 2. The SMILES string of the molecule is CCOc1cc(OC)ccc1CNCC(=O)N1CCCC(c2cccc(C(=O)N3CCN(CC45CCC(NC(=O)c6ccc(N7CCN(Cc8cnc9cc(CC)c(=O)[nH]c9c8)CC7)cn6)(CC4)CO5)CC3)c2)C1. The van der Waals surface area contributed by atoms with Gasteiger partial charge in [-0.05, 0) is 105 Å². The monoisotopic (exact) mass is 1010 g/mol. The summed E-state index contributed by atoms with van der Waals surface area (Å²) in [6, 6.07) is 21.5. The molecular formula is C57H72N10O7. The number of carbonyl (C=O) groups is 3. The number of piperazine rings is 2. The molecule has 11 rings (SSSR count). The van der Waals surface area contributed by atoms with Crippen LogP contribution < -0.4 is 30.6 Å². The van der Waals surface area contributed by atoms with Gasteiger partial charge in [-0.25, -0.2) is 4.98 Å². The zero-order valence-corrected chi connectivity index (χ0v) is 43.3. The lowest BCUT2D eigenvalue weighted by Gasteiger charge is -2.54. The third-order valence-corrected chi connectivity index (χ3v) is 16.2. The van der Waals surface area contributed by atoms with Crippen LogP contribution in [-0.4, -0.2) is 162 Å². The molecule has 1 aliphatic carbocycles. The summed E-state index contributed by atoms with van der Waals surface area (Å²) in [6.07, 6.45) is 9.72. The van der Waals surface area contributed by atoms with Crippen LogP contribution in [0.2, 0.25) is 0 Å². The molecule has 0 spiro atoms. The third kappa shape index (κ3) is 11.6. The first-order valence-electron chi connectivity index (χ1n) is 26.8. The van der Waals surface area contributed by atoms with E-state index in [0.717, 1.165) is 148 Å². The first kappa shape index (κ1) is 51.1. The van der Waals surface area contributed by atoms with Crippen molar-refractivity contribution in [3.8, 4) is 11.5 Å². The summed E-state index contributed by atoms with van der Waals surface area (Å²) < 4.78 is 17.8. The Morgan fingerprint density at radius 2 is 1.65 bits per heavy atom. The lowest BCUT2D eigenvalue weighted by molar-refractivity contribution is -0.170. The Kier molecular flexibility index (Phi) is 15.6. The number of aryl methyl sites for hydroxylation is 1. The number of carbonyl (C=O) groups excluding carboxylic acids is 3. The van der Waals surface area contributed by atoms with Crippen molar-refractivity contribution in [1.29, 1.82) is 0 Å². The van der Waals surface area contributed by atoms with E-state index < -0.39 is 5.54 Å². The van der Waals surface area contributed by atoms with E-state index in [0.29, 0.717) is 57.1 Å². The Morgan fingerprint density at radius 3 is 2.38 bits per heavy atom. The quantitative estimate of drug-likeness (QED) is 0.108. The summed E-state index contributed by atoms with van der Waals surface area (Å²) in [5.41, 5.74) is 6.88. The number of likely N-dealkylation sites (tertiary alicyclic amines) is 1. The smallest absolute Gasteiger partial charge is 0.270 e. The van der Waals surface area contributed by atoms with Crippen LogP contribution in [-0.2, 0) is 29.0 Å². The molecule has 1 saturated carbocycles. The van der Waals surface area contributed by atoms with Crippen LogP contribution in [0.25, 0.3) is 11.0 Å². The fraction of sp³-hybridized carbons (Fsp3) is 0.509. The van der Waals surface area contributed by atoms with Gasteiger partial charge in [0.1, 0.15) is 17.2 Å². The molecule has 17 nitrogen and oxygen atoms in total. The van der Waals surface area contributed by atoms with Gasteiger partial charge in [-0.15, -0.1) is 0 Å². The maximum atomic E-state index is 13.9. The Balaban J connectivity index is 0.643. The van der Waals surface area contributed by atoms with E-state index in [1.165, 1.54) is 0 Å². The van der Waals surface area contributed by atoms with Crippen molar-refractivity contribution in [2.24, 2.45) is 0 Å². The van der Waals surface area contributed by atoms with Crippen LogP contribution in [0.1, 0.15) is 101 Å². The zero-order valence-electron chi connectivity index (χ0n) is 43.3. The minimum absolute atomic E-state index is 0.0488. The summed E-state index contributed by atoms with van der Waals surface area (Å²) in [4.78, 5) is 76.6. The van der Waals surface area contributed by atoms with Crippen molar-refractivity contribution in [3.63, 3.8) is 0 Å². The Hall–Kier alpha value is -6.40. The maximum Gasteiger partial charge on any atom is 0.270 e. The van der Waals surface area contributed by atoms with Crippen LogP contribution in [0.5, 0.6) is 11.5 Å². The standard InChI is InChI=1S/C57H72N10O7/c1-4-41-30-49-50(61-53(41)69)28-40(32-59-49)36-63-20-24-65(25-21-63)46-12-14-48(60-34-46)54(70)62-56-15-17-57(18-16-56,74-39-56)38-64-22-26-66(27-23-64)55(71)43-9-6-8-42(29-43)45-10-7-19-67(37-45)52(68)35-58-33-44-11-13-47(72-3)31-51(44)73-5-2/h6,8-9,11-14,28-32,34,45,58H,4-5,7,10,15-27,33,35-39H2,1-3H3,(H,61,69)(H,62,70). The number of methoxy groups -OCH3 is 1. The zero-order chi connectivity index (χ0) is 51.2. The summed E-state index contributed by atoms with van der Waals surface area (Å²) in [7, 11) is 1.63. The van der Waals surface area contributed by atoms with Crippen LogP contribution in [0.3, 0.4) is 0 Å². The second kappa shape index (κ2) is 22.6. The predicted octanol–water partition coefficient (Wildman–Crippen LogP) is 5.38. The maximum absolute atomic E-state index is 13.9. The third-order valence-electron chi connectivity index (χ3n) is 16.2. The molecule has 0 radical (unpaired) electrons. The molecule has 5 saturated heterocycles. The number of hydrogen-bond donors (Lipinski definition) is 3. The first-order chi connectivity index (χ1) is 36.0. The van der Waals surface area contributed by atoms with E-state index >= 15 is 0 Å². The van der Waals surface area contributed by atoms with Gasteiger partial charge in [0.2, 0.25) is 5.91 Å². The molecule has 1 unspecified atom stereocenters. The molecular weight excluding hydrogens is 937 g/mol. The molecule has 8 heterocycles. The predicted molar refractivity (Wildman–Crippen MR) is 284 cm³/mol. The fourth-order valence-electron chi connectivity index (χ4n) is 11.7. The molecule has 3 N–H and O–H groups in total. The minimum Gasteiger partial charge on any atom is -0.497 e. The highest BCUT2D eigenvalue weighted by Crippen LogP contribution is 2.44. The number of rotatable bonds is 17. The first-order valence-corrected chi connectivity index (χ1v) is 26.8. The van der Waals surface area contributed by atoms with Crippen molar-refractivity contribution in [1.82, 2.24) is 45.2 Å². The molecule has 5 aliphatic heterocycles.